The van der Waals surface area contributed by atoms with Crippen molar-refractivity contribution in [2.75, 3.05) is 18.4 Å². The minimum absolute atomic E-state index is 0.0282. The molecule has 2 amide bonds. The van der Waals surface area contributed by atoms with Crippen molar-refractivity contribution in [1.82, 2.24) is 25.1 Å². The summed E-state index contributed by atoms with van der Waals surface area (Å²) in [5, 5.41) is 19.5. The third-order valence-corrected chi connectivity index (χ3v) is 5.31. The molecular formula is C21H18ClF3N6O3. The average Bonchev–Trinajstić information content (AvgIpc) is 3.26. The van der Waals surface area contributed by atoms with E-state index in [0.717, 1.165) is 23.3 Å². The second kappa shape index (κ2) is 9.77. The lowest BCUT2D eigenvalue weighted by atomic mass is 10.0. The Hall–Kier alpha value is -3.51. The van der Waals surface area contributed by atoms with Gasteiger partial charge in [0.2, 0.25) is 11.8 Å². The number of halogens is 4. The lowest BCUT2D eigenvalue weighted by Gasteiger charge is -2.26. The molecule has 0 aromatic carbocycles. The fourth-order valence-corrected chi connectivity index (χ4v) is 3.61. The van der Waals surface area contributed by atoms with Crippen LogP contribution in [0.2, 0.25) is 5.02 Å². The molecule has 1 aliphatic rings. The average molecular weight is 495 g/mol. The summed E-state index contributed by atoms with van der Waals surface area (Å²) in [4.78, 5) is 22.0. The zero-order chi connectivity index (χ0) is 24.3. The predicted octanol–water partition coefficient (Wildman–Crippen LogP) is 3.94. The van der Waals surface area contributed by atoms with E-state index in [2.05, 4.69) is 25.5 Å². The van der Waals surface area contributed by atoms with Crippen LogP contribution >= 0.6 is 11.6 Å². The maximum absolute atomic E-state index is 12.6. The van der Waals surface area contributed by atoms with Crippen molar-refractivity contribution in [3.8, 4) is 0 Å². The van der Waals surface area contributed by atoms with Crippen LogP contribution in [0.5, 0.6) is 0 Å². The standard InChI is InChI=1S/C21H18ClF3N6O3/c22-15-7-12(8-17-29-30-18(11-32)34-17)9-27-19(15)13-3-5-31(6-4-13)20(33)28-16-2-1-14(10-26-16)21(23,24)25/h1-3,7,9-10,32H,4-6,8,11H2,(H,26,28,33). The number of aliphatic hydroxyl groups is 1. The van der Waals surface area contributed by atoms with Crippen molar-refractivity contribution in [1.29, 1.82) is 0 Å². The first-order chi connectivity index (χ1) is 16.2. The van der Waals surface area contributed by atoms with Crippen LogP contribution in [0.1, 0.15) is 35.0 Å². The highest BCUT2D eigenvalue weighted by Crippen LogP contribution is 2.30. The number of hydrogen-bond acceptors (Lipinski definition) is 7. The molecule has 4 heterocycles. The maximum atomic E-state index is 12.6. The summed E-state index contributed by atoms with van der Waals surface area (Å²) < 4.78 is 43.2. The van der Waals surface area contributed by atoms with Crippen LogP contribution in [0.4, 0.5) is 23.8 Å². The number of urea groups is 1. The molecule has 0 fully saturated rings. The normalized spacial score (nSPS) is 14.1. The Morgan fingerprint density at radius 3 is 2.59 bits per heavy atom. The number of pyridine rings is 2. The number of aromatic nitrogens is 4. The Bertz CT molecular complexity index is 1210. The summed E-state index contributed by atoms with van der Waals surface area (Å²) in [5.41, 5.74) is 1.33. The highest BCUT2D eigenvalue weighted by atomic mass is 35.5. The number of carbonyl (C=O) groups is 1. The van der Waals surface area contributed by atoms with Gasteiger partial charge in [-0.2, -0.15) is 13.2 Å². The van der Waals surface area contributed by atoms with E-state index < -0.39 is 17.8 Å². The van der Waals surface area contributed by atoms with Crippen molar-refractivity contribution in [2.45, 2.75) is 25.6 Å². The molecule has 0 radical (unpaired) electrons. The molecular weight excluding hydrogens is 477 g/mol. The molecule has 1 aliphatic heterocycles. The third-order valence-electron chi connectivity index (χ3n) is 5.02. The number of amides is 2. The minimum atomic E-state index is -4.49. The maximum Gasteiger partial charge on any atom is 0.417 e. The number of alkyl halides is 3. The topological polar surface area (TPSA) is 117 Å². The minimum Gasteiger partial charge on any atom is -0.422 e. The van der Waals surface area contributed by atoms with Crippen LogP contribution < -0.4 is 5.32 Å². The van der Waals surface area contributed by atoms with Crippen LogP contribution in [0.25, 0.3) is 5.57 Å². The third kappa shape index (κ3) is 5.51. The van der Waals surface area contributed by atoms with E-state index in [4.69, 9.17) is 21.1 Å². The first kappa shape index (κ1) is 23.6. The smallest absolute Gasteiger partial charge is 0.417 e. The van der Waals surface area contributed by atoms with Crippen LogP contribution in [0.15, 0.2) is 41.1 Å². The van der Waals surface area contributed by atoms with Gasteiger partial charge >= 0.3 is 12.2 Å². The lowest BCUT2D eigenvalue weighted by molar-refractivity contribution is -0.137. The van der Waals surface area contributed by atoms with E-state index in [9.17, 15) is 18.0 Å². The molecule has 3 aromatic heterocycles. The van der Waals surface area contributed by atoms with Crippen molar-refractivity contribution in [2.24, 2.45) is 0 Å². The number of rotatable bonds is 5. The highest BCUT2D eigenvalue weighted by molar-refractivity contribution is 6.32. The molecule has 2 N–H and O–H groups in total. The molecule has 13 heteroatoms. The summed E-state index contributed by atoms with van der Waals surface area (Å²) >= 11 is 6.42. The van der Waals surface area contributed by atoms with Gasteiger partial charge in [-0.25, -0.2) is 9.78 Å². The number of nitrogens with zero attached hydrogens (tertiary/aromatic N) is 5. The Labute approximate surface area is 196 Å². The van der Waals surface area contributed by atoms with Gasteiger partial charge in [-0.1, -0.05) is 17.7 Å². The molecule has 178 valence electrons. The summed E-state index contributed by atoms with van der Waals surface area (Å²) in [5.74, 6) is 0.483. The monoisotopic (exact) mass is 494 g/mol. The van der Waals surface area contributed by atoms with E-state index in [1.807, 2.05) is 6.08 Å². The van der Waals surface area contributed by atoms with Gasteiger partial charge in [0.1, 0.15) is 12.4 Å². The zero-order valence-electron chi connectivity index (χ0n) is 17.5. The number of aliphatic hydroxyl groups excluding tert-OH is 1. The Kier molecular flexibility index (Phi) is 6.80. The van der Waals surface area contributed by atoms with E-state index in [1.165, 1.54) is 4.90 Å². The van der Waals surface area contributed by atoms with Crippen LogP contribution in [-0.4, -0.2) is 49.3 Å². The van der Waals surface area contributed by atoms with Gasteiger partial charge in [0.25, 0.3) is 0 Å². The first-order valence-corrected chi connectivity index (χ1v) is 10.5. The Morgan fingerprint density at radius 2 is 2.00 bits per heavy atom. The molecule has 0 saturated carbocycles. The summed E-state index contributed by atoms with van der Waals surface area (Å²) in [7, 11) is 0. The van der Waals surface area contributed by atoms with E-state index in [0.29, 0.717) is 42.2 Å². The fraction of sp³-hybridized carbons (Fsp3) is 0.286. The van der Waals surface area contributed by atoms with E-state index in [1.54, 1.807) is 12.3 Å². The molecule has 0 atom stereocenters. The Morgan fingerprint density at radius 1 is 1.21 bits per heavy atom. The SMILES string of the molecule is O=C(Nc1ccc(C(F)(F)F)cn1)N1CC=C(c2ncc(Cc3nnc(CO)o3)cc2Cl)CC1. The second-order valence-corrected chi connectivity index (χ2v) is 7.79. The first-order valence-electron chi connectivity index (χ1n) is 10.1. The molecule has 3 aromatic rings. The van der Waals surface area contributed by atoms with Gasteiger partial charge in [-0.3, -0.25) is 10.3 Å². The number of hydrogen-bond donors (Lipinski definition) is 2. The van der Waals surface area contributed by atoms with Gasteiger partial charge in [0.05, 0.1) is 22.7 Å². The lowest BCUT2D eigenvalue weighted by Crippen LogP contribution is -2.38. The molecule has 0 bridgehead atoms. The van der Waals surface area contributed by atoms with Crippen LogP contribution in [-0.2, 0) is 19.2 Å². The van der Waals surface area contributed by atoms with Crippen molar-refractivity contribution >= 4 is 29.0 Å². The zero-order valence-corrected chi connectivity index (χ0v) is 18.3. The van der Waals surface area contributed by atoms with Gasteiger partial charge in [0, 0.05) is 25.5 Å². The largest absolute Gasteiger partial charge is 0.422 e. The van der Waals surface area contributed by atoms with Crippen LogP contribution in [0.3, 0.4) is 0 Å². The molecule has 9 nitrogen and oxygen atoms in total. The summed E-state index contributed by atoms with van der Waals surface area (Å²) in [6.45, 7) is 0.298. The molecule has 34 heavy (non-hydrogen) atoms. The van der Waals surface area contributed by atoms with Gasteiger partial charge < -0.3 is 14.4 Å². The van der Waals surface area contributed by atoms with Gasteiger partial charge in [-0.05, 0) is 35.8 Å². The molecule has 0 saturated heterocycles. The van der Waals surface area contributed by atoms with Crippen molar-refractivity contribution in [3.63, 3.8) is 0 Å². The van der Waals surface area contributed by atoms with E-state index in [-0.39, 0.29) is 24.9 Å². The molecule has 0 aliphatic carbocycles. The van der Waals surface area contributed by atoms with Gasteiger partial charge in [0.15, 0.2) is 0 Å². The quantitative estimate of drug-likeness (QED) is 0.551. The number of nitrogens with one attached hydrogen (secondary N) is 1. The van der Waals surface area contributed by atoms with Crippen LogP contribution in [0, 0.1) is 0 Å². The van der Waals surface area contributed by atoms with Crippen molar-refractivity contribution in [3.05, 3.63) is 70.3 Å². The summed E-state index contributed by atoms with van der Waals surface area (Å²) in [6.07, 6.45) is 0.440. The van der Waals surface area contributed by atoms with Crippen molar-refractivity contribution < 1.29 is 27.5 Å². The van der Waals surface area contributed by atoms with Gasteiger partial charge in [-0.15, -0.1) is 10.2 Å². The van der Waals surface area contributed by atoms with E-state index >= 15 is 0 Å². The molecule has 0 spiro atoms. The number of anilines is 1. The highest BCUT2D eigenvalue weighted by Gasteiger charge is 2.30. The number of carbonyl (C=O) groups excluding carboxylic acids is 1. The molecule has 4 rings (SSSR count). The second-order valence-electron chi connectivity index (χ2n) is 7.38. The Balaban J connectivity index is 1.37. The fourth-order valence-electron chi connectivity index (χ4n) is 3.30. The molecule has 0 unspecified atom stereocenters. The predicted molar refractivity (Wildman–Crippen MR) is 115 cm³/mol. The summed E-state index contributed by atoms with van der Waals surface area (Å²) in [6, 6.07) is 3.23.